The zero-order valence-corrected chi connectivity index (χ0v) is 13.4. The molecule has 0 aromatic carbocycles. The van der Waals surface area contributed by atoms with Crippen molar-refractivity contribution in [3.63, 3.8) is 0 Å². The molecule has 0 aliphatic carbocycles. The van der Waals surface area contributed by atoms with Crippen LogP contribution in [0.3, 0.4) is 0 Å². The summed E-state index contributed by atoms with van der Waals surface area (Å²) < 4.78 is 5.76. The minimum Gasteiger partial charge on any atom is -0.372 e. The average molecular weight is 283 g/mol. The highest BCUT2D eigenvalue weighted by Crippen LogP contribution is 2.26. The van der Waals surface area contributed by atoms with Crippen molar-refractivity contribution in [1.29, 1.82) is 0 Å². The Morgan fingerprint density at radius 3 is 2.58 bits per heavy atom. The van der Waals surface area contributed by atoms with Crippen LogP contribution in [0.5, 0.6) is 0 Å². The molecular weight excluding hydrogens is 258 g/mol. The summed E-state index contributed by atoms with van der Waals surface area (Å²) in [6, 6.07) is 0. The van der Waals surface area contributed by atoms with E-state index in [1.807, 2.05) is 6.20 Å². The molecule has 0 saturated carbocycles. The van der Waals surface area contributed by atoms with Gasteiger partial charge in [-0.05, 0) is 34.6 Å². The maximum atomic E-state index is 5.76. The van der Waals surface area contributed by atoms with Crippen LogP contribution in [-0.2, 0) is 11.3 Å². The summed E-state index contributed by atoms with van der Waals surface area (Å²) in [6.07, 6.45) is 2.55. The number of anilines is 1. The topological polar surface area (TPSA) is 37.4 Å². The fourth-order valence-corrected chi connectivity index (χ4v) is 3.08. The van der Waals surface area contributed by atoms with Crippen LogP contribution in [-0.4, -0.2) is 35.8 Å². The van der Waals surface area contributed by atoms with Crippen molar-refractivity contribution in [1.82, 2.24) is 10.3 Å². The van der Waals surface area contributed by atoms with Crippen LogP contribution in [0.15, 0.2) is 6.20 Å². The van der Waals surface area contributed by atoms with Crippen molar-refractivity contribution in [3.8, 4) is 0 Å². The van der Waals surface area contributed by atoms with Crippen LogP contribution in [0.25, 0.3) is 0 Å². The van der Waals surface area contributed by atoms with Crippen LogP contribution >= 0.6 is 11.3 Å². The zero-order chi connectivity index (χ0) is 14.0. The molecule has 0 radical (unpaired) electrons. The van der Waals surface area contributed by atoms with Gasteiger partial charge < -0.3 is 15.0 Å². The lowest BCUT2D eigenvalue weighted by Crippen LogP contribution is -2.45. The largest absolute Gasteiger partial charge is 0.372 e. The number of nitrogens with zero attached hydrogens (tertiary/aromatic N) is 2. The van der Waals surface area contributed by atoms with Gasteiger partial charge in [0.25, 0.3) is 0 Å². The highest BCUT2D eigenvalue weighted by atomic mass is 32.1. The lowest BCUT2D eigenvalue weighted by Gasteiger charge is -2.35. The fourth-order valence-electron chi connectivity index (χ4n) is 2.21. The molecule has 1 aromatic rings. The highest BCUT2D eigenvalue weighted by molar-refractivity contribution is 7.15. The Morgan fingerprint density at radius 1 is 1.37 bits per heavy atom. The number of hydrogen-bond acceptors (Lipinski definition) is 5. The summed E-state index contributed by atoms with van der Waals surface area (Å²) in [5.41, 5.74) is 0.145. The van der Waals surface area contributed by atoms with Gasteiger partial charge in [0.1, 0.15) is 0 Å². The lowest BCUT2D eigenvalue weighted by atomic mass is 10.1. The third-order valence-corrected chi connectivity index (χ3v) is 4.08. The van der Waals surface area contributed by atoms with Gasteiger partial charge in [-0.15, -0.1) is 11.3 Å². The van der Waals surface area contributed by atoms with E-state index in [0.717, 1.165) is 24.8 Å². The third kappa shape index (κ3) is 4.44. The van der Waals surface area contributed by atoms with E-state index in [9.17, 15) is 0 Å². The molecule has 5 heteroatoms. The summed E-state index contributed by atoms with van der Waals surface area (Å²) in [5, 5.41) is 4.62. The van der Waals surface area contributed by atoms with E-state index in [1.54, 1.807) is 11.3 Å². The molecule has 1 fully saturated rings. The first-order valence-electron chi connectivity index (χ1n) is 6.93. The lowest BCUT2D eigenvalue weighted by molar-refractivity contribution is -0.00522. The van der Waals surface area contributed by atoms with Crippen LogP contribution in [0, 0.1) is 0 Å². The van der Waals surface area contributed by atoms with Gasteiger partial charge in [-0.3, -0.25) is 0 Å². The molecule has 1 N–H and O–H groups in total. The van der Waals surface area contributed by atoms with Crippen LogP contribution in [0.4, 0.5) is 5.13 Å². The van der Waals surface area contributed by atoms with Crippen molar-refractivity contribution >= 4 is 16.5 Å². The van der Waals surface area contributed by atoms with Crippen molar-refractivity contribution in [2.75, 3.05) is 18.0 Å². The monoisotopic (exact) mass is 283 g/mol. The number of thiazole rings is 1. The van der Waals surface area contributed by atoms with Crippen molar-refractivity contribution in [2.24, 2.45) is 0 Å². The summed E-state index contributed by atoms with van der Waals surface area (Å²) in [7, 11) is 0. The molecule has 19 heavy (non-hydrogen) atoms. The molecule has 108 valence electrons. The van der Waals surface area contributed by atoms with Crippen molar-refractivity contribution in [3.05, 3.63) is 11.1 Å². The molecule has 0 amide bonds. The van der Waals surface area contributed by atoms with Gasteiger partial charge in [-0.25, -0.2) is 4.98 Å². The van der Waals surface area contributed by atoms with Gasteiger partial charge >= 0.3 is 0 Å². The molecule has 2 atom stereocenters. The Kier molecular flexibility index (Phi) is 4.48. The molecule has 0 spiro atoms. The molecule has 2 heterocycles. The van der Waals surface area contributed by atoms with E-state index >= 15 is 0 Å². The first-order chi connectivity index (χ1) is 8.83. The van der Waals surface area contributed by atoms with Crippen molar-refractivity contribution in [2.45, 2.75) is 58.9 Å². The van der Waals surface area contributed by atoms with Gasteiger partial charge in [0.2, 0.25) is 0 Å². The van der Waals surface area contributed by atoms with Crippen LogP contribution in [0.2, 0.25) is 0 Å². The Morgan fingerprint density at radius 2 is 2.00 bits per heavy atom. The molecule has 1 saturated heterocycles. The molecular formula is C14H25N3OS. The second-order valence-electron chi connectivity index (χ2n) is 6.38. The zero-order valence-electron chi connectivity index (χ0n) is 12.6. The fraction of sp³-hybridized carbons (Fsp3) is 0.786. The number of hydrogen-bond donors (Lipinski definition) is 1. The number of morpholine rings is 1. The minimum absolute atomic E-state index is 0.145. The van der Waals surface area contributed by atoms with E-state index < -0.39 is 0 Å². The maximum absolute atomic E-state index is 5.76. The molecule has 4 nitrogen and oxygen atoms in total. The van der Waals surface area contributed by atoms with E-state index in [1.165, 1.54) is 4.88 Å². The first kappa shape index (κ1) is 14.8. The van der Waals surface area contributed by atoms with Gasteiger partial charge in [0.05, 0.1) is 12.2 Å². The second-order valence-corrected chi connectivity index (χ2v) is 7.47. The van der Waals surface area contributed by atoms with Gasteiger partial charge in [-0.1, -0.05) is 0 Å². The number of rotatable bonds is 3. The van der Waals surface area contributed by atoms with Gasteiger partial charge in [0.15, 0.2) is 5.13 Å². The number of aromatic nitrogens is 1. The summed E-state index contributed by atoms with van der Waals surface area (Å²) in [4.78, 5) is 8.18. The van der Waals surface area contributed by atoms with Crippen LogP contribution in [0.1, 0.15) is 39.5 Å². The first-order valence-corrected chi connectivity index (χ1v) is 7.75. The smallest absolute Gasteiger partial charge is 0.185 e. The highest BCUT2D eigenvalue weighted by Gasteiger charge is 2.24. The Bertz CT molecular complexity index is 403. The van der Waals surface area contributed by atoms with Gasteiger partial charge in [0, 0.05) is 36.2 Å². The molecule has 1 aromatic heterocycles. The summed E-state index contributed by atoms with van der Waals surface area (Å²) >= 11 is 1.78. The standard InChI is InChI=1S/C14H25N3OS/c1-10-8-17(9-11(2)18-10)13-15-6-12(19-13)7-16-14(3,4)5/h6,10-11,16H,7-9H2,1-5H3. The molecule has 1 aliphatic heterocycles. The van der Waals surface area contributed by atoms with Gasteiger partial charge in [-0.2, -0.15) is 0 Å². The second kappa shape index (κ2) is 5.77. The molecule has 0 bridgehead atoms. The normalized spacial score (nSPS) is 24.8. The van der Waals surface area contributed by atoms with E-state index in [-0.39, 0.29) is 17.7 Å². The number of ether oxygens (including phenoxy) is 1. The summed E-state index contributed by atoms with van der Waals surface area (Å²) in [6.45, 7) is 13.5. The molecule has 2 rings (SSSR count). The predicted octanol–water partition coefficient (Wildman–Crippen LogP) is 2.64. The van der Waals surface area contributed by atoms with E-state index in [0.29, 0.717) is 0 Å². The van der Waals surface area contributed by atoms with E-state index in [2.05, 4.69) is 49.8 Å². The van der Waals surface area contributed by atoms with Crippen molar-refractivity contribution < 1.29 is 4.74 Å². The van der Waals surface area contributed by atoms with E-state index in [4.69, 9.17) is 4.74 Å². The maximum Gasteiger partial charge on any atom is 0.185 e. The predicted molar refractivity (Wildman–Crippen MR) is 80.9 cm³/mol. The quantitative estimate of drug-likeness (QED) is 0.925. The Labute approximate surface area is 120 Å². The minimum atomic E-state index is 0.145. The Balaban J connectivity index is 1.96. The SMILES string of the molecule is CC1CN(c2ncc(CNC(C)(C)C)s2)CC(C)O1. The summed E-state index contributed by atoms with van der Waals surface area (Å²) in [5.74, 6) is 0. The van der Waals surface area contributed by atoms with Crippen LogP contribution < -0.4 is 10.2 Å². The molecule has 2 unspecified atom stereocenters. The average Bonchev–Trinajstić information content (AvgIpc) is 2.72. The third-order valence-electron chi connectivity index (χ3n) is 3.02. The molecule has 1 aliphatic rings. The number of nitrogens with one attached hydrogen (secondary N) is 1. The Hall–Kier alpha value is -0.650.